The number of tetrazole rings is 1. The number of hydrogen-bond acceptors (Lipinski definition) is 15. The minimum atomic E-state index is -1.94. The number of aromatic nitrogens is 4. The van der Waals surface area contributed by atoms with Gasteiger partial charge in [-0.3, -0.25) is 14.5 Å². The van der Waals surface area contributed by atoms with Crippen molar-refractivity contribution < 1.29 is 43.5 Å². The number of β-lactam (4-membered cyclic amide) rings is 1. The van der Waals surface area contributed by atoms with Gasteiger partial charge in [0.1, 0.15) is 28.9 Å². The van der Waals surface area contributed by atoms with Gasteiger partial charge in [0.05, 0.1) is 5.69 Å². The first-order valence-corrected chi connectivity index (χ1v) is 15.0. The number of anilines is 1. The number of nitrogens with one attached hydrogen (secondary N) is 3. The first-order chi connectivity index (χ1) is 20.6. The van der Waals surface area contributed by atoms with Gasteiger partial charge in [-0.1, -0.05) is 12.1 Å². The van der Waals surface area contributed by atoms with Crippen LogP contribution in [0.2, 0.25) is 0 Å². The van der Waals surface area contributed by atoms with Crippen LogP contribution < -0.4 is 16.3 Å². The fourth-order valence-electron chi connectivity index (χ4n) is 3.98. The molecule has 17 nitrogen and oxygen atoms in total. The number of carboxylic acid groups (broad SMARTS) is 1. The van der Waals surface area contributed by atoms with Crippen LogP contribution >= 0.6 is 46.9 Å². The van der Waals surface area contributed by atoms with E-state index in [1.165, 1.54) is 53.6 Å². The molecule has 3 heterocycles. The second-order valence-electron chi connectivity index (χ2n) is 8.50. The van der Waals surface area contributed by atoms with Gasteiger partial charge in [-0.25, -0.2) is 19.9 Å². The van der Waals surface area contributed by atoms with Crippen LogP contribution in [0.5, 0.6) is 0 Å². The molecule has 43 heavy (non-hydrogen) atoms. The van der Waals surface area contributed by atoms with Gasteiger partial charge >= 0.3 is 17.9 Å². The molecule has 0 saturated carbocycles. The summed E-state index contributed by atoms with van der Waals surface area (Å²) in [6.07, 6.45) is 1.35. The number of carboxylic acids is 1. The van der Waals surface area contributed by atoms with Crippen LogP contribution in [0.1, 0.15) is 11.6 Å². The first kappa shape index (κ1) is 32.3. The van der Waals surface area contributed by atoms with Gasteiger partial charge in [0, 0.05) is 18.6 Å². The summed E-state index contributed by atoms with van der Waals surface area (Å²) in [5.41, 5.74) is 3.58. The van der Waals surface area contributed by atoms with E-state index in [0.717, 1.165) is 16.8 Å². The number of fused-ring (bicyclic) bond motifs is 1. The van der Waals surface area contributed by atoms with Crippen molar-refractivity contribution in [3.63, 3.8) is 0 Å². The monoisotopic (exact) mass is 676 g/mol. The summed E-state index contributed by atoms with van der Waals surface area (Å²) in [5.74, 6) is -5.12. The van der Waals surface area contributed by atoms with E-state index in [0.29, 0.717) is 11.3 Å². The Morgan fingerprint density at radius 1 is 1.19 bits per heavy atom. The third kappa shape index (κ3) is 6.97. The molecule has 1 saturated heterocycles. The Kier molecular flexibility index (Phi) is 10.7. The van der Waals surface area contributed by atoms with Crippen LogP contribution in [0.4, 0.5) is 5.69 Å². The average Bonchev–Trinajstić information content (AvgIpc) is 3.54. The maximum atomic E-state index is 13.6. The van der Waals surface area contributed by atoms with E-state index in [-0.39, 0.29) is 28.6 Å². The van der Waals surface area contributed by atoms with Crippen LogP contribution in [0.15, 0.2) is 41.9 Å². The summed E-state index contributed by atoms with van der Waals surface area (Å²) < 4.78 is 6.85. The van der Waals surface area contributed by atoms with Gasteiger partial charge in [-0.05, 0) is 45.6 Å². The van der Waals surface area contributed by atoms with Crippen molar-refractivity contribution in [2.45, 2.75) is 17.1 Å². The molecule has 1 fully saturated rings. The molecule has 2 unspecified atom stereocenters. The van der Waals surface area contributed by atoms with Crippen molar-refractivity contribution in [2.24, 2.45) is 0 Å². The van der Waals surface area contributed by atoms with Crippen LogP contribution in [0, 0.1) is 0 Å². The topological polar surface area (TPSA) is 216 Å². The lowest BCUT2D eigenvalue weighted by Gasteiger charge is -2.56. The molecule has 0 radical (unpaired) electrons. The van der Waals surface area contributed by atoms with Crippen molar-refractivity contribution >= 4 is 82.3 Å². The summed E-state index contributed by atoms with van der Waals surface area (Å²) >= 11 is 13.2. The zero-order valence-electron chi connectivity index (χ0n) is 21.9. The standard InChI is InChI=1S/C22H22Cl2N8O9S2/c1-39-22(20(38)32-17(19(36)37)12(8-42-21(22)32)9-43-31-10-25-29-30-31)26-18(35)16(28-41-15(34)7-24)11-2-4-13(5-3-11)27-40-14(33)6-23/h2-5,10,16,21,27-28H,6-9H2,1H3,(H,26,35)(H,36,37)/t16?,21-,22?/m1/s1. The van der Waals surface area contributed by atoms with Gasteiger partial charge < -0.3 is 24.8 Å². The lowest BCUT2D eigenvalue weighted by atomic mass is 9.97. The molecule has 0 aliphatic carbocycles. The maximum Gasteiger partial charge on any atom is 0.352 e. The molecular weight excluding hydrogens is 655 g/mol. The van der Waals surface area contributed by atoms with Gasteiger partial charge in [0.25, 0.3) is 11.6 Å². The molecule has 4 N–H and O–H groups in total. The van der Waals surface area contributed by atoms with E-state index in [2.05, 4.69) is 31.8 Å². The molecule has 21 heteroatoms. The molecule has 2 aliphatic rings. The molecule has 2 aromatic rings. The second-order valence-corrected chi connectivity index (χ2v) is 11.0. The third-order valence-electron chi connectivity index (χ3n) is 5.94. The second kappa shape index (κ2) is 14.2. The normalized spacial score (nSPS) is 20.0. The van der Waals surface area contributed by atoms with Crippen molar-refractivity contribution in [3.05, 3.63) is 47.4 Å². The Morgan fingerprint density at radius 2 is 1.88 bits per heavy atom. The third-order valence-corrected chi connectivity index (χ3v) is 8.66. The smallest absolute Gasteiger partial charge is 0.352 e. The summed E-state index contributed by atoms with van der Waals surface area (Å²) in [6.45, 7) is 0. The Morgan fingerprint density at radius 3 is 2.49 bits per heavy atom. The highest BCUT2D eigenvalue weighted by Gasteiger charge is 2.67. The van der Waals surface area contributed by atoms with E-state index < -0.39 is 52.7 Å². The van der Waals surface area contributed by atoms with Crippen LogP contribution in [-0.2, 0) is 38.4 Å². The van der Waals surface area contributed by atoms with Gasteiger partial charge in [0.2, 0.25) is 5.91 Å². The van der Waals surface area contributed by atoms with E-state index in [1.807, 2.05) is 0 Å². The number of rotatable bonds is 14. The maximum absolute atomic E-state index is 13.6. The highest BCUT2D eigenvalue weighted by molar-refractivity contribution is 8.00. The number of hydroxylamine groups is 1. The van der Waals surface area contributed by atoms with Crippen molar-refractivity contribution in [1.82, 2.24) is 35.3 Å². The SMILES string of the molecule is COC1(NC(=O)C(NOC(=O)CCl)c2ccc(NOC(=O)CCl)cc2)C(=O)N2C(C(=O)O)=C(CSn3cnnn3)CS[C@@H]21. The Hall–Kier alpha value is -3.62. The minimum Gasteiger partial charge on any atom is -0.477 e. The van der Waals surface area contributed by atoms with E-state index in [1.54, 1.807) is 0 Å². The molecule has 1 aromatic carbocycles. The number of nitrogens with zero attached hydrogens (tertiary/aromatic N) is 5. The van der Waals surface area contributed by atoms with Gasteiger partial charge in [-0.2, -0.15) is 4.09 Å². The lowest BCUT2D eigenvalue weighted by Crippen LogP contribution is -2.81. The minimum absolute atomic E-state index is 0.177. The van der Waals surface area contributed by atoms with E-state index in [9.17, 15) is 29.1 Å². The molecule has 4 rings (SSSR count). The first-order valence-electron chi connectivity index (χ1n) is 11.9. The highest BCUT2D eigenvalue weighted by atomic mass is 35.5. The molecule has 2 aliphatic heterocycles. The van der Waals surface area contributed by atoms with Crippen molar-refractivity contribution in [3.8, 4) is 0 Å². The average molecular weight is 678 g/mol. The number of alkyl halides is 2. The number of hydrogen-bond donors (Lipinski definition) is 4. The number of halogens is 2. The van der Waals surface area contributed by atoms with Crippen LogP contribution in [0.3, 0.4) is 0 Å². The van der Waals surface area contributed by atoms with Crippen molar-refractivity contribution in [1.29, 1.82) is 0 Å². The summed E-state index contributed by atoms with van der Waals surface area (Å²) in [6, 6.07) is 4.44. The number of aliphatic carboxylic acids is 1. The molecule has 0 bridgehead atoms. The van der Waals surface area contributed by atoms with Gasteiger partial charge in [0.15, 0.2) is 6.33 Å². The lowest BCUT2D eigenvalue weighted by molar-refractivity contribution is -0.193. The molecule has 3 atom stereocenters. The zero-order valence-corrected chi connectivity index (χ0v) is 25.0. The summed E-state index contributed by atoms with van der Waals surface area (Å²) in [7, 11) is 1.20. The van der Waals surface area contributed by atoms with Crippen molar-refractivity contribution in [2.75, 3.05) is 35.9 Å². The molecule has 1 aromatic heterocycles. The Balaban J connectivity index is 1.54. The van der Waals surface area contributed by atoms with Gasteiger partial charge in [-0.15, -0.1) is 45.5 Å². The molecule has 230 valence electrons. The molecule has 0 spiro atoms. The fraction of sp³-hybridized carbons (Fsp3) is 0.364. The Bertz CT molecular complexity index is 1420. The predicted octanol–water partition coefficient (Wildman–Crippen LogP) is 0.0189. The quantitative estimate of drug-likeness (QED) is 0.0897. The number of thioether (sulfide) groups is 1. The Labute approximate surface area is 260 Å². The highest BCUT2D eigenvalue weighted by Crippen LogP contribution is 2.47. The summed E-state index contributed by atoms with van der Waals surface area (Å²) in [4.78, 5) is 73.0. The number of ether oxygens (including phenoxy) is 1. The number of methoxy groups -OCH3 is 1. The molecule has 2 amide bonds. The zero-order chi connectivity index (χ0) is 31.1. The predicted molar refractivity (Wildman–Crippen MR) is 151 cm³/mol. The number of benzene rings is 1. The number of amides is 2. The summed E-state index contributed by atoms with van der Waals surface area (Å²) in [5, 5.41) is 22.3. The molecular formula is C22H22Cl2N8O9S2. The number of carbonyl (C=O) groups excluding carboxylic acids is 4. The largest absolute Gasteiger partial charge is 0.477 e. The van der Waals surface area contributed by atoms with E-state index in [4.69, 9.17) is 37.6 Å². The number of carbonyl (C=O) groups is 5. The van der Waals surface area contributed by atoms with Crippen LogP contribution in [0.25, 0.3) is 0 Å². The van der Waals surface area contributed by atoms with Crippen LogP contribution in [-0.4, -0.2) is 101 Å². The fourth-order valence-corrected chi connectivity index (χ4v) is 6.37. The van der Waals surface area contributed by atoms with E-state index >= 15 is 0 Å².